The van der Waals surface area contributed by atoms with Gasteiger partial charge in [-0.2, -0.15) is 0 Å². The van der Waals surface area contributed by atoms with E-state index < -0.39 is 11.8 Å². The number of nitrogens with one attached hydrogen (secondary N) is 1. The Morgan fingerprint density at radius 3 is 2.84 bits per heavy atom. The van der Waals surface area contributed by atoms with Crippen LogP contribution in [0.2, 0.25) is 0 Å². The molecule has 0 unspecified atom stereocenters. The van der Waals surface area contributed by atoms with E-state index in [-0.39, 0.29) is 17.8 Å². The SMILES string of the molecule is NC(=NO)c1c(F)ccc2c(CCC(=O)O)c[nH]c12. The number of carboxylic acid groups (broad SMARTS) is 1. The number of aliphatic carboxylic acids is 1. The highest BCUT2D eigenvalue weighted by Crippen LogP contribution is 2.25. The zero-order valence-electron chi connectivity index (χ0n) is 9.85. The normalized spacial score (nSPS) is 11.9. The minimum atomic E-state index is -0.909. The molecule has 7 heteroatoms. The van der Waals surface area contributed by atoms with Crippen molar-refractivity contribution in [1.82, 2.24) is 4.98 Å². The van der Waals surface area contributed by atoms with Gasteiger partial charge in [-0.3, -0.25) is 4.79 Å². The number of nitrogens with zero attached hydrogens (tertiary/aromatic N) is 1. The Hall–Kier alpha value is -2.57. The lowest BCUT2D eigenvalue weighted by Gasteiger charge is -2.03. The van der Waals surface area contributed by atoms with Crippen LogP contribution >= 0.6 is 0 Å². The lowest BCUT2D eigenvalue weighted by atomic mass is 10.0. The van der Waals surface area contributed by atoms with Gasteiger partial charge in [-0.1, -0.05) is 5.16 Å². The van der Waals surface area contributed by atoms with Gasteiger partial charge >= 0.3 is 5.97 Å². The second kappa shape index (κ2) is 4.97. The first-order chi connectivity index (χ1) is 9.04. The van der Waals surface area contributed by atoms with Crippen molar-refractivity contribution in [2.75, 3.05) is 0 Å². The molecule has 0 bridgehead atoms. The number of fused-ring (bicyclic) bond motifs is 1. The molecule has 0 radical (unpaired) electrons. The maximum Gasteiger partial charge on any atom is 0.303 e. The number of halogens is 1. The quantitative estimate of drug-likeness (QED) is 0.290. The molecular weight excluding hydrogens is 253 g/mol. The molecule has 0 atom stereocenters. The van der Waals surface area contributed by atoms with Crippen LogP contribution in [0, 0.1) is 5.82 Å². The van der Waals surface area contributed by atoms with Crippen LogP contribution in [-0.2, 0) is 11.2 Å². The van der Waals surface area contributed by atoms with Crippen LogP contribution in [0.5, 0.6) is 0 Å². The molecule has 1 aromatic heterocycles. The van der Waals surface area contributed by atoms with E-state index in [9.17, 15) is 9.18 Å². The number of aromatic amines is 1. The molecule has 19 heavy (non-hydrogen) atoms. The number of nitrogens with two attached hydrogens (primary N) is 1. The summed E-state index contributed by atoms with van der Waals surface area (Å²) in [6.07, 6.45) is 1.89. The summed E-state index contributed by atoms with van der Waals surface area (Å²) in [4.78, 5) is 13.4. The van der Waals surface area contributed by atoms with Crippen LogP contribution in [0.25, 0.3) is 10.9 Å². The van der Waals surface area contributed by atoms with Crippen molar-refractivity contribution in [1.29, 1.82) is 0 Å². The molecule has 1 heterocycles. The monoisotopic (exact) mass is 265 g/mol. The van der Waals surface area contributed by atoms with Crippen LogP contribution in [0.15, 0.2) is 23.5 Å². The molecule has 5 N–H and O–H groups in total. The van der Waals surface area contributed by atoms with Crippen molar-refractivity contribution in [3.05, 3.63) is 35.3 Å². The molecule has 0 saturated carbocycles. The molecule has 0 aliphatic carbocycles. The van der Waals surface area contributed by atoms with Crippen molar-refractivity contribution in [3.63, 3.8) is 0 Å². The van der Waals surface area contributed by atoms with Gasteiger partial charge in [-0.25, -0.2) is 4.39 Å². The first kappa shape index (κ1) is 12.9. The first-order valence-corrected chi connectivity index (χ1v) is 5.52. The number of carboxylic acids is 1. The van der Waals surface area contributed by atoms with E-state index in [4.69, 9.17) is 16.0 Å². The van der Waals surface area contributed by atoms with Crippen LogP contribution in [0.4, 0.5) is 4.39 Å². The summed E-state index contributed by atoms with van der Waals surface area (Å²) in [5.41, 5.74) is 6.54. The summed E-state index contributed by atoms with van der Waals surface area (Å²) in [5, 5.41) is 20.8. The summed E-state index contributed by atoms with van der Waals surface area (Å²) in [5.74, 6) is -1.86. The predicted molar refractivity (Wildman–Crippen MR) is 66.7 cm³/mol. The largest absolute Gasteiger partial charge is 0.481 e. The standard InChI is InChI=1S/C12H12FN3O3/c13-8-3-2-7-6(1-4-9(17)18)5-15-11(7)10(8)12(14)16-19/h2-3,5,15,19H,1,4H2,(H2,14,16)(H,17,18). The van der Waals surface area contributed by atoms with Gasteiger partial charge in [0.25, 0.3) is 0 Å². The number of aryl methyl sites for hydroxylation is 1. The van der Waals surface area contributed by atoms with Crippen LogP contribution in [-0.4, -0.2) is 27.1 Å². The van der Waals surface area contributed by atoms with Gasteiger partial charge in [0, 0.05) is 18.0 Å². The second-order valence-corrected chi connectivity index (χ2v) is 4.04. The fourth-order valence-corrected chi connectivity index (χ4v) is 1.98. The minimum Gasteiger partial charge on any atom is -0.481 e. The Morgan fingerprint density at radius 1 is 1.47 bits per heavy atom. The molecule has 0 saturated heterocycles. The fourth-order valence-electron chi connectivity index (χ4n) is 1.98. The number of hydrogen-bond acceptors (Lipinski definition) is 3. The van der Waals surface area contributed by atoms with Gasteiger partial charge in [0.05, 0.1) is 11.1 Å². The molecule has 100 valence electrons. The molecule has 2 rings (SSSR count). The third kappa shape index (κ3) is 2.35. The molecule has 0 aliphatic heterocycles. The van der Waals surface area contributed by atoms with Gasteiger partial charge in [0.1, 0.15) is 5.82 Å². The summed E-state index contributed by atoms with van der Waals surface area (Å²) < 4.78 is 13.7. The number of hydrogen-bond donors (Lipinski definition) is 4. The Morgan fingerprint density at radius 2 is 2.21 bits per heavy atom. The number of benzene rings is 1. The zero-order valence-corrected chi connectivity index (χ0v) is 9.85. The molecule has 1 aromatic carbocycles. The zero-order chi connectivity index (χ0) is 14.0. The summed E-state index contributed by atoms with van der Waals surface area (Å²) in [7, 11) is 0. The lowest BCUT2D eigenvalue weighted by molar-refractivity contribution is -0.136. The molecular formula is C12H12FN3O3. The molecule has 6 nitrogen and oxygen atoms in total. The Bertz CT molecular complexity index is 664. The number of aromatic nitrogens is 1. The van der Waals surface area contributed by atoms with E-state index in [0.29, 0.717) is 17.3 Å². The van der Waals surface area contributed by atoms with Crippen molar-refractivity contribution < 1.29 is 19.5 Å². The van der Waals surface area contributed by atoms with Crippen molar-refractivity contribution in [2.45, 2.75) is 12.8 Å². The summed E-state index contributed by atoms with van der Waals surface area (Å²) >= 11 is 0. The van der Waals surface area contributed by atoms with Gasteiger partial charge < -0.3 is 21.0 Å². The average molecular weight is 265 g/mol. The highest BCUT2D eigenvalue weighted by molar-refractivity contribution is 6.08. The predicted octanol–water partition coefficient (Wildman–Crippen LogP) is 1.42. The summed E-state index contributed by atoms with van der Waals surface area (Å²) in [6, 6.07) is 2.74. The molecule has 0 fully saturated rings. The van der Waals surface area contributed by atoms with E-state index in [1.165, 1.54) is 12.1 Å². The third-order valence-electron chi connectivity index (χ3n) is 2.86. The number of amidine groups is 1. The average Bonchev–Trinajstić information content (AvgIpc) is 2.78. The molecule has 0 amide bonds. The Labute approximate surface area is 107 Å². The highest BCUT2D eigenvalue weighted by atomic mass is 19.1. The Kier molecular flexibility index (Phi) is 3.37. The smallest absolute Gasteiger partial charge is 0.303 e. The van der Waals surface area contributed by atoms with E-state index in [2.05, 4.69) is 10.1 Å². The van der Waals surface area contributed by atoms with Gasteiger partial charge in [-0.05, 0) is 24.1 Å². The second-order valence-electron chi connectivity index (χ2n) is 4.04. The molecule has 0 aliphatic rings. The minimum absolute atomic E-state index is 0.0246. The molecule has 2 aromatic rings. The van der Waals surface area contributed by atoms with E-state index >= 15 is 0 Å². The Balaban J connectivity index is 2.53. The van der Waals surface area contributed by atoms with Crippen molar-refractivity contribution in [2.24, 2.45) is 10.9 Å². The van der Waals surface area contributed by atoms with Crippen LogP contribution < -0.4 is 5.73 Å². The van der Waals surface area contributed by atoms with Crippen LogP contribution in [0.3, 0.4) is 0 Å². The van der Waals surface area contributed by atoms with E-state index in [1.807, 2.05) is 0 Å². The molecule has 0 spiro atoms. The summed E-state index contributed by atoms with van der Waals surface area (Å²) in [6.45, 7) is 0. The van der Waals surface area contributed by atoms with Crippen LogP contribution in [0.1, 0.15) is 17.5 Å². The lowest BCUT2D eigenvalue weighted by Crippen LogP contribution is -2.15. The van der Waals surface area contributed by atoms with Crippen molar-refractivity contribution >= 4 is 22.7 Å². The fraction of sp³-hybridized carbons (Fsp3) is 0.167. The number of oxime groups is 1. The third-order valence-corrected chi connectivity index (χ3v) is 2.86. The van der Waals surface area contributed by atoms with Gasteiger partial charge in [0.2, 0.25) is 0 Å². The number of carbonyl (C=O) groups is 1. The maximum atomic E-state index is 13.7. The van der Waals surface area contributed by atoms with E-state index in [0.717, 1.165) is 5.56 Å². The maximum absolute atomic E-state index is 13.7. The highest BCUT2D eigenvalue weighted by Gasteiger charge is 2.15. The van der Waals surface area contributed by atoms with Gasteiger partial charge in [0.15, 0.2) is 5.84 Å². The van der Waals surface area contributed by atoms with E-state index in [1.54, 1.807) is 6.20 Å². The number of H-pyrrole nitrogens is 1. The first-order valence-electron chi connectivity index (χ1n) is 5.52. The topological polar surface area (TPSA) is 112 Å². The number of rotatable bonds is 4. The van der Waals surface area contributed by atoms with Crippen molar-refractivity contribution in [3.8, 4) is 0 Å². The van der Waals surface area contributed by atoms with Gasteiger partial charge in [-0.15, -0.1) is 0 Å².